The fourth-order valence-electron chi connectivity index (χ4n) is 2.83. The van der Waals surface area contributed by atoms with Crippen LogP contribution in [0, 0.1) is 5.92 Å². The first-order valence-corrected chi connectivity index (χ1v) is 8.98. The summed E-state index contributed by atoms with van der Waals surface area (Å²) in [7, 11) is 0. The van der Waals surface area contributed by atoms with E-state index in [4.69, 9.17) is 10.3 Å². The Morgan fingerprint density at radius 1 is 1.42 bits per heavy atom. The Morgan fingerprint density at radius 3 is 2.88 bits per heavy atom. The molecule has 1 amide bonds. The zero-order chi connectivity index (χ0) is 16.1. The summed E-state index contributed by atoms with van der Waals surface area (Å²) in [6.07, 6.45) is 3.96. The molecule has 0 aromatic carbocycles. The van der Waals surface area contributed by atoms with Gasteiger partial charge in [0.25, 0.3) is 0 Å². The van der Waals surface area contributed by atoms with Crippen LogP contribution in [0.4, 0.5) is 0 Å². The number of likely N-dealkylation sites (tertiary alicyclic amines) is 1. The lowest BCUT2D eigenvalue weighted by atomic mass is 9.97. The second-order valence-electron chi connectivity index (χ2n) is 5.90. The van der Waals surface area contributed by atoms with Gasteiger partial charge in [-0.2, -0.15) is 4.98 Å². The van der Waals surface area contributed by atoms with Gasteiger partial charge in [-0.1, -0.05) is 11.2 Å². The van der Waals surface area contributed by atoms with E-state index in [0.29, 0.717) is 30.5 Å². The van der Waals surface area contributed by atoms with Gasteiger partial charge < -0.3 is 15.2 Å². The first kappa shape index (κ1) is 18.9. The molecule has 0 unspecified atom stereocenters. The van der Waals surface area contributed by atoms with Gasteiger partial charge in [-0.25, -0.2) is 0 Å². The maximum absolute atomic E-state index is 12.2. The Bertz CT molecular complexity index is 624. The smallest absolute Gasteiger partial charge is 0.226 e. The minimum atomic E-state index is 0. The number of halogens is 1. The van der Waals surface area contributed by atoms with Crippen LogP contribution in [0.5, 0.6) is 0 Å². The van der Waals surface area contributed by atoms with Gasteiger partial charge in [0, 0.05) is 25.9 Å². The largest absolute Gasteiger partial charge is 0.343 e. The Kier molecular flexibility index (Phi) is 7.20. The van der Waals surface area contributed by atoms with E-state index < -0.39 is 0 Å². The zero-order valence-corrected chi connectivity index (χ0v) is 15.2. The van der Waals surface area contributed by atoms with Gasteiger partial charge >= 0.3 is 0 Å². The number of aryl methyl sites for hydroxylation is 1. The Labute approximate surface area is 151 Å². The van der Waals surface area contributed by atoms with Crippen molar-refractivity contribution in [2.75, 3.05) is 19.6 Å². The van der Waals surface area contributed by atoms with Crippen molar-refractivity contribution in [2.24, 2.45) is 11.7 Å². The summed E-state index contributed by atoms with van der Waals surface area (Å²) >= 11 is 1.58. The molecule has 0 bridgehead atoms. The molecular weight excluding hydrogens is 348 g/mol. The second-order valence-corrected chi connectivity index (χ2v) is 6.85. The van der Waals surface area contributed by atoms with Crippen molar-refractivity contribution in [1.82, 2.24) is 15.0 Å². The van der Waals surface area contributed by atoms with E-state index in [1.165, 1.54) is 0 Å². The lowest BCUT2D eigenvalue weighted by Gasteiger charge is -2.31. The van der Waals surface area contributed by atoms with E-state index in [0.717, 1.165) is 43.8 Å². The van der Waals surface area contributed by atoms with Crippen LogP contribution < -0.4 is 5.73 Å². The van der Waals surface area contributed by atoms with Crippen LogP contribution in [0.2, 0.25) is 0 Å². The van der Waals surface area contributed by atoms with Crippen molar-refractivity contribution in [3.63, 3.8) is 0 Å². The minimum absolute atomic E-state index is 0. The maximum atomic E-state index is 12.2. The molecule has 132 valence electrons. The van der Waals surface area contributed by atoms with Crippen LogP contribution in [0.3, 0.4) is 0 Å². The SMILES string of the molecule is Cl.NCC1CCN(C(=O)CCCc2nc(-c3cccs3)no2)CC1. The summed E-state index contributed by atoms with van der Waals surface area (Å²) in [5.41, 5.74) is 5.68. The van der Waals surface area contributed by atoms with Gasteiger partial charge in [0.05, 0.1) is 4.88 Å². The van der Waals surface area contributed by atoms with Crippen molar-refractivity contribution < 1.29 is 9.32 Å². The fourth-order valence-corrected chi connectivity index (χ4v) is 3.48. The minimum Gasteiger partial charge on any atom is -0.343 e. The van der Waals surface area contributed by atoms with Crippen molar-refractivity contribution in [2.45, 2.75) is 32.1 Å². The van der Waals surface area contributed by atoms with Crippen LogP contribution in [0.1, 0.15) is 31.6 Å². The summed E-state index contributed by atoms with van der Waals surface area (Å²) < 4.78 is 5.25. The third-order valence-corrected chi connectivity index (χ3v) is 5.16. The van der Waals surface area contributed by atoms with E-state index >= 15 is 0 Å². The summed E-state index contributed by atoms with van der Waals surface area (Å²) in [5, 5.41) is 5.97. The molecule has 24 heavy (non-hydrogen) atoms. The molecule has 1 saturated heterocycles. The van der Waals surface area contributed by atoms with Crippen molar-refractivity contribution in [3.05, 3.63) is 23.4 Å². The Balaban J connectivity index is 0.00000208. The molecule has 8 heteroatoms. The molecule has 6 nitrogen and oxygen atoms in total. The molecule has 3 heterocycles. The first-order valence-electron chi connectivity index (χ1n) is 8.10. The van der Waals surface area contributed by atoms with E-state index in [-0.39, 0.29) is 18.3 Å². The van der Waals surface area contributed by atoms with E-state index in [1.807, 2.05) is 22.4 Å². The van der Waals surface area contributed by atoms with E-state index in [2.05, 4.69) is 10.1 Å². The summed E-state index contributed by atoms with van der Waals surface area (Å²) in [6, 6.07) is 3.93. The number of piperidine rings is 1. The lowest BCUT2D eigenvalue weighted by Crippen LogP contribution is -2.39. The van der Waals surface area contributed by atoms with Gasteiger partial charge in [-0.3, -0.25) is 4.79 Å². The van der Waals surface area contributed by atoms with Crippen LogP contribution in [0.15, 0.2) is 22.0 Å². The topological polar surface area (TPSA) is 85.2 Å². The molecule has 0 atom stereocenters. The quantitative estimate of drug-likeness (QED) is 0.844. The predicted molar refractivity (Wildman–Crippen MR) is 96.2 cm³/mol. The molecule has 1 aliphatic heterocycles. The monoisotopic (exact) mass is 370 g/mol. The maximum Gasteiger partial charge on any atom is 0.226 e. The summed E-state index contributed by atoms with van der Waals surface area (Å²) in [4.78, 5) is 19.5. The van der Waals surface area contributed by atoms with Crippen molar-refractivity contribution >= 4 is 29.7 Å². The van der Waals surface area contributed by atoms with E-state index in [1.54, 1.807) is 11.3 Å². The predicted octanol–water partition coefficient (Wildman–Crippen LogP) is 2.74. The third-order valence-electron chi connectivity index (χ3n) is 4.29. The molecule has 1 fully saturated rings. The van der Waals surface area contributed by atoms with Gasteiger partial charge in [0.2, 0.25) is 17.6 Å². The number of nitrogens with zero attached hydrogens (tertiary/aromatic N) is 3. The third kappa shape index (κ3) is 4.78. The first-order chi connectivity index (χ1) is 11.3. The van der Waals surface area contributed by atoms with Crippen molar-refractivity contribution in [1.29, 1.82) is 0 Å². The number of carbonyl (C=O) groups excluding carboxylic acids is 1. The highest BCUT2D eigenvalue weighted by Crippen LogP contribution is 2.22. The van der Waals surface area contributed by atoms with Crippen LogP contribution >= 0.6 is 23.7 Å². The number of rotatable bonds is 6. The van der Waals surface area contributed by atoms with E-state index in [9.17, 15) is 4.79 Å². The molecule has 2 N–H and O–H groups in total. The number of hydrogen-bond acceptors (Lipinski definition) is 6. The highest BCUT2D eigenvalue weighted by molar-refractivity contribution is 7.13. The standard InChI is InChI=1S/C16H22N4O2S.ClH/c17-11-12-6-8-20(9-7-12)15(21)5-1-4-14-18-16(19-22-14)13-3-2-10-23-13;/h2-3,10,12H,1,4-9,11,17H2;1H. The number of thiophene rings is 1. The number of aromatic nitrogens is 2. The fraction of sp³-hybridized carbons (Fsp3) is 0.562. The van der Waals surface area contributed by atoms with Gasteiger partial charge in [-0.05, 0) is 43.2 Å². The highest BCUT2D eigenvalue weighted by Gasteiger charge is 2.21. The zero-order valence-electron chi connectivity index (χ0n) is 13.5. The summed E-state index contributed by atoms with van der Waals surface area (Å²) in [5.74, 6) is 2.03. The average molecular weight is 371 g/mol. The molecule has 2 aromatic rings. The molecule has 0 radical (unpaired) electrons. The number of carbonyl (C=O) groups is 1. The van der Waals surface area contributed by atoms with Crippen LogP contribution in [-0.4, -0.2) is 40.6 Å². The molecular formula is C16H23ClN4O2S. The Hall–Kier alpha value is -1.44. The van der Waals surface area contributed by atoms with Gasteiger partial charge in [-0.15, -0.1) is 23.7 Å². The molecule has 0 spiro atoms. The average Bonchev–Trinajstić information content (AvgIpc) is 3.26. The molecule has 1 aliphatic rings. The van der Waals surface area contributed by atoms with Gasteiger partial charge in [0.15, 0.2) is 0 Å². The normalized spacial score (nSPS) is 15.3. The van der Waals surface area contributed by atoms with Crippen LogP contribution in [0.25, 0.3) is 10.7 Å². The number of hydrogen-bond donors (Lipinski definition) is 1. The van der Waals surface area contributed by atoms with Gasteiger partial charge in [0.1, 0.15) is 0 Å². The highest BCUT2D eigenvalue weighted by atomic mass is 35.5. The molecule has 2 aromatic heterocycles. The lowest BCUT2D eigenvalue weighted by molar-refractivity contribution is -0.132. The number of amides is 1. The van der Waals surface area contributed by atoms with Crippen molar-refractivity contribution in [3.8, 4) is 10.7 Å². The molecule has 0 aliphatic carbocycles. The summed E-state index contributed by atoms with van der Waals surface area (Å²) in [6.45, 7) is 2.40. The second kappa shape index (κ2) is 9.15. The molecule has 3 rings (SSSR count). The van der Waals surface area contributed by atoms with Crippen LogP contribution in [-0.2, 0) is 11.2 Å². The molecule has 0 saturated carbocycles. The Morgan fingerprint density at radius 2 is 2.21 bits per heavy atom. The number of nitrogens with two attached hydrogens (primary N) is 1.